The van der Waals surface area contributed by atoms with Gasteiger partial charge >= 0.3 is 0 Å². The van der Waals surface area contributed by atoms with Gasteiger partial charge < -0.3 is 5.32 Å². The molecule has 0 spiro atoms. The van der Waals surface area contributed by atoms with E-state index in [0.29, 0.717) is 11.8 Å². The number of hydrogen-bond donors (Lipinski definition) is 1. The lowest BCUT2D eigenvalue weighted by molar-refractivity contribution is 0.312. The van der Waals surface area contributed by atoms with Crippen LogP contribution in [0.5, 0.6) is 0 Å². The van der Waals surface area contributed by atoms with Crippen molar-refractivity contribution in [2.24, 2.45) is 17.8 Å². The van der Waals surface area contributed by atoms with Gasteiger partial charge in [-0.15, -0.1) is 0 Å². The van der Waals surface area contributed by atoms with Crippen LogP contribution in [0, 0.1) is 17.8 Å². The Balaban J connectivity index is 4.51. The molecule has 0 saturated carbocycles. The maximum absolute atomic E-state index is 4.25. The molecule has 0 saturated heterocycles. The van der Waals surface area contributed by atoms with Gasteiger partial charge in [-0.3, -0.25) is 0 Å². The summed E-state index contributed by atoms with van der Waals surface area (Å²) >= 11 is 0. The summed E-state index contributed by atoms with van der Waals surface area (Å²) in [6.07, 6.45) is 2.35. The molecule has 0 aliphatic heterocycles. The fourth-order valence-corrected chi connectivity index (χ4v) is 1.94. The zero-order chi connectivity index (χ0) is 12.9. The minimum Gasteiger partial charge on any atom is -0.384 e. The molecule has 96 valence electrons. The van der Waals surface area contributed by atoms with E-state index in [9.17, 15) is 0 Å². The van der Waals surface area contributed by atoms with E-state index in [4.69, 9.17) is 0 Å². The lowest BCUT2D eigenvalue weighted by Gasteiger charge is -2.33. The van der Waals surface area contributed by atoms with Gasteiger partial charge in [0.1, 0.15) is 0 Å². The standard InChI is InChI=1S/C15H31N/c1-9-15(7,8)16-13(6)14(12(4)5)10-11(2)3/h11-12,14,16H,6,9-10H2,1-5,7-8H3. The Morgan fingerprint density at radius 2 is 1.69 bits per heavy atom. The molecule has 0 aromatic heterocycles. The molecule has 1 atom stereocenters. The van der Waals surface area contributed by atoms with Crippen LogP contribution in [0.2, 0.25) is 0 Å². The van der Waals surface area contributed by atoms with E-state index >= 15 is 0 Å². The molecule has 1 heteroatoms. The molecule has 0 aromatic carbocycles. The first-order valence-electron chi connectivity index (χ1n) is 6.66. The molecule has 1 nitrogen and oxygen atoms in total. The maximum Gasteiger partial charge on any atom is 0.0311 e. The quantitative estimate of drug-likeness (QED) is 0.668. The van der Waals surface area contributed by atoms with E-state index in [1.54, 1.807) is 0 Å². The van der Waals surface area contributed by atoms with E-state index in [1.165, 1.54) is 12.1 Å². The van der Waals surface area contributed by atoms with Gasteiger partial charge in [0, 0.05) is 17.2 Å². The van der Waals surface area contributed by atoms with E-state index < -0.39 is 0 Å². The van der Waals surface area contributed by atoms with E-state index in [0.717, 1.165) is 12.3 Å². The number of nitrogens with one attached hydrogen (secondary N) is 1. The molecule has 0 amide bonds. The highest BCUT2D eigenvalue weighted by Gasteiger charge is 2.22. The first kappa shape index (κ1) is 15.5. The van der Waals surface area contributed by atoms with Crippen molar-refractivity contribution in [3.05, 3.63) is 12.3 Å². The largest absolute Gasteiger partial charge is 0.384 e. The smallest absolute Gasteiger partial charge is 0.0311 e. The van der Waals surface area contributed by atoms with Gasteiger partial charge in [0.05, 0.1) is 0 Å². The van der Waals surface area contributed by atoms with Crippen LogP contribution in [-0.2, 0) is 0 Å². The molecule has 0 aromatic rings. The first-order valence-corrected chi connectivity index (χ1v) is 6.66. The minimum absolute atomic E-state index is 0.168. The second-order valence-electron chi connectivity index (χ2n) is 6.37. The Labute approximate surface area is 103 Å². The maximum atomic E-state index is 4.25. The predicted octanol–water partition coefficient (Wildman–Crippen LogP) is 4.60. The van der Waals surface area contributed by atoms with Crippen LogP contribution >= 0.6 is 0 Å². The van der Waals surface area contributed by atoms with E-state index in [-0.39, 0.29) is 5.54 Å². The van der Waals surface area contributed by atoms with Crippen molar-refractivity contribution in [3.63, 3.8) is 0 Å². The van der Waals surface area contributed by atoms with Crippen molar-refractivity contribution >= 4 is 0 Å². The van der Waals surface area contributed by atoms with Crippen LogP contribution in [0.1, 0.15) is 61.3 Å². The first-order chi connectivity index (χ1) is 7.19. The Kier molecular flexibility index (Phi) is 6.14. The third-order valence-corrected chi connectivity index (χ3v) is 3.36. The molecule has 0 fully saturated rings. The zero-order valence-corrected chi connectivity index (χ0v) is 12.4. The molecule has 0 aliphatic carbocycles. The lowest BCUT2D eigenvalue weighted by atomic mass is 9.84. The molecule has 0 radical (unpaired) electrons. The third kappa shape index (κ3) is 5.58. The van der Waals surface area contributed by atoms with Crippen molar-refractivity contribution in [3.8, 4) is 0 Å². The monoisotopic (exact) mass is 225 g/mol. The van der Waals surface area contributed by atoms with Gasteiger partial charge in [0.15, 0.2) is 0 Å². The fraction of sp³-hybridized carbons (Fsp3) is 0.867. The highest BCUT2D eigenvalue weighted by Crippen LogP contribution is 2.27. The van der Waals surface area contributed by atoms with Gasteiger partial charge in [-0.05, 0) is 38.5 Å². The van der Waals surface area contributed by atoms with Crippen LogP contribution in [0.4, 0.5) is 0 Å². The van der Waals surface area contributed by atoms with Crippen LogP contribution in [0.15, 0.2) is 12.3 Å². The lowest BCUT2D eigenvalue weighted by Crippen LogP contribution is -2.40. The summed E-state index contributed by atoms with van der Waals surface area (Å²) in [4.78, 5) is 0. The summed E-state index contributed by atoms with van der Waals surface area (Å²) in [6.45, 7) is 20.1. The van der Waals surface area contributed by atoms with Crippen molar-refractivity contribution in [2.45, 2.75) is 66.8 Å². The Hall–Kier alpha value is -0.460. The van der Waals surface area contributed by atoms with Crippen molar-refractivity contribution in [1.29, 1.82) is 0 Å². The molecule has 16 heavy (non-hydrogen) atoms. The second kappa shape index (κ2) is 6.32. The van der Waals surface area contributed by atoms with Crippen LogP contribution < -0.4 is 5.32 Å². The highest BCUT2D eigenvalue weighted by molar-refractivity contribution is 5.03. The van der Waals surface area contributed by atoms with Crippen molar-refractivity contribution in [2.75, 3.05) is 0 Å². The third-order valence-electron chi connectivity index (χ3n) is 3.36. The van der Waals surface area contributed by atoms with Crippen LogP contribution in [0.3, 0.4) is 0 Å². The molecule has 1 unspecified atom stereocenters. The number of hydrogen-bond acceptors (Lipinski definition) is 1. The normalized spacial score (nSPS) is 14.3. The molecule has 0 aliphatic rings. The second-order valence-corrected chi connectivity index (χ2v) is 6.37. The van der Waals surface area contributed by atoms with Gasteiger partial charge in [0.2, 0.25) is 0 Å². The molecular formula is C15H31N. The zero-order valence-electron chi connectivity index (χ0n) is 12.4. The summed E-state index contributed by atoms with van der Waals surface area (Å²) in [7, 11) is 0. The summed E-state index contributed by atoms with van der Waals surface area (Å²) in [5.41, 5.74) is 1.39. The van der Waals surface area contributed by atoms with Crippen molar-refractivity contribution < 1.29 is 0 Å². The SMILES string of the molecule is C=C(NC(C)(C)CC)C(CC(C)C)C(C)C. The summed E-state index contributed by atoms with van der Waals surface area (Å²) in [5, 5.41) is 3.60. The van der Waals surface area contributed by atoms with Crippen LogP contribution in [-0.4, -0.2) is 5.54 Å². The Morgan fingerprint density at radius 1 is 1.19 bits per heavy atom. The van der Waals surface area contributed by atoms with Gasteiger partial charge in [0.25, 0.3) is 0 Å². The summed E-state index contributed by atoms with van der Waals surface area (Å²) in [5.74, 6) is 1.98. The molecule has 0 bridgehead atoms. The number of rotatable bonds is 7. The minimum atomic E-state index is 0.168. The van der Waals surface area contributed by atoms with Crippen molar-refractivity contribution in [1.82, 2.24) is 5.32 Å². The van der Waals surface area contributed by atoms with E-state index in [1.807, 2.05) is 0 Å². The van der Waals surface area contributed by atoms with E-state index in [2.05, 4.69) is 60.4 Å². The average Bonchev–Trinajstić information content (AvgIpc) is 2.12. The molecule has 1 N–H and O–H groups in total. The van der Waals surface area contributed by atoms with Gasteiger partial charge in [-0.25, -0.2) is 0 Å². The predicted molar refractivity (Wildman–Crippen MR) is 74.4 cm³/mol. The fourth-order valence-electron chi connectivity index (χ4n) is 1.94. The Morgan fingerprint density at radius 3 is 2.00 bits per heavy atom. The number of allylic oxidation sites excluding steroid dienone is 1. The summed E-state index contributed by atoms with van der Waals surface area (Å²) in [6, 6.07) is 0. The van der Waals surface area contributed by atoms with Crippen LogP contribution in [0.25, 0.3) is 0 Å². The van der Waals surface area contributed by atoms with Gasteiger partial charge in [-0.1, -0.05) is 41.2 Å². The highest BCUT2D eigenvalue weighted by atomic mass is 15.0. The summed E-state index contributed by atoms with van der Waals surface area (Å²) < 4.78 is 0. The molecule has 0 rings (SSSR count). The molecular weight excluding hydrogens is 194 g/mol. The van der Waals surface area contributed by atoms with Gasteiger partial charge in [-0.2, -0.15) is 0 Å². The average molecular weight is 225 g/mol. The molecule has 0 heterocycles. The Bertz CT molecular complexity index is 213. The topological polar surface area (TPSA) is 12.0 Å².